The predicted octanol–water partition coefficient (Wildman–Crippen LogP) is 2.85. The molecule has 20 heavy (non-hydrogen) atoms. The molecule has 2 rings (SSSR count). The first-order valence-corrected chi connectivity index (χ1v) is 8.96. The lowest BCUT2D eigenvalue weighted by Crippen LogP contribution is -2.49. The van der Waals surface area contributed by atoms with Gasteiger partial charge in [-0.05, 0) is 24.2 Å². The topological polar surface area (TPSA) is 23.6 Å². The van der Waals surface area contributed by atoms with Crippen LogP contribution in [0.15, 0.2) is 28.7 Å². The number of benzene rings is 1. The van der Waals surface area contributed by atoms with Crippen LogP contribution in [0.5, 0.6) is 0 Å². The van der Waals surface area contributed by atoms with Crippen LogP contribution >= 0.6 is 27.7 Å². The molecular formula is C15H21BrN2OS. The molecule has 1 aromatic rings. The van der Waals surface area contributed by atoms with Gasteiger partial charge in [-0.3, -0.25) is 4.79 Å². The normalized spacial score (nSPS) is 16.4. The Kier molecular flexibility index (Phi) is 6.39. The van der Waals surface area contributed by atoms with Crippen molar-refractivity contribution in [3.63, 3.8) is 0 Å². The van der Waals surface area contributed by atoms with E-state index in [0.717, 1.165) is 42.9 Å². The fourth-order valence-electron chi connectivity index (χ4n) is 2.24. The molecule has 0 aliphatic carbocycles. The molecule has 1 heterocycles. The van der Waals surface area contributed by atoms with Gasteiger partial charge in [-0.2, -0.15) is 0 Å². The van der Waals surface area contributed by atoms with E-state index in [9.17, 15) is 4.79 Å². The molecule has 0 atom stereocenters. The molecule has 3 nitrogen and oxygen atoms in total. The van der Waals surface area contributed by atoms with Gasteiger partial charge in [0.05, 0.1) is 5.75 Å². The van der Waals surface area contributed by atoms with E-state index in [1.54, 1.807) is 11.8 Å². The van der Waals surface area contributed by atoms with Gasteiger partial charge in [0, 0.05) is 36.4 Å². The number of likely N-dealkylation sites (N-methyl/N-ethyl adjacent to an activating group) is 1. The minimum atomic E-state index is 0.280. The second-order valence-electron chi connectivity index (χ2n) is 4.93. The minimum Gasteiger partial charge on any atom is -0.339 e. The Morgan fingerprint density at radius 1 is 1.20 bits per heavy atom. The van der Waals surface area contributed by atoms with Gasteiger partial charge in [0.25, 0.3) is 0 Å². The van der Waals surface area contributed by atoms with Gasteiger partial charge >= 0.3 is 0 Å². The van der Waals surface area contributed by atoms with Crippen molar-refractivity contribution in [3.8, 4) is 0 Å². The first kappa shape index (κ1) is 15.9. The molecule has 1 saturated heterocycles. The van der Waals surface area contributed by atoms with Crippen molar-refractivity contribution in [2.45, 2.75) is 12.7 Å². The van der Waals surface area contributed by atoms with Gasteiger partial charge in [-0.15, -0.1) is 11.8 Å². The zero-order valence-electron chi connectivity index (χ0n) is 11.8. The fraction of sp³-hybridized carbons (Fsp3) is 0.533. The summed E-state index contributed by atoms with van der Waals surface area (Å²) in [5.74, 6) is 1.76. The molecule has 0 spiro atoms. The van der Waals surface area contributed by atoms with Gasteiger partial charge in [0.1, 0.15) is 0 Å². The van der Waals surface area contributed by atoms with Crippen LogP contribution in [0.4, 0.5) is 0 Å². The quantitative estimate of drug-likeness (QED) is 0.810. The van der Waals surface area contributed by atoms with Crippen LogP contribution in [0.3, 0.4) is 0 Å². The molecule has 0 radical (unpaired) electrons. The van der Waals surface area contributed by atoms with E-state index in [2.05, 4.69) is 39.9 Å². The number of carbonyl (C=O) groups excluding carboxylic acids is 1. The number of thioether (sulfide) groups is 1. The van der Waals surface area contributed by atoms with Crippen LogP contribution in [-0.4, -0.2) is 54.2 Å². The van der Waals surface area contributed by atoms with Crippen LogP contribution in [0.2, 0.25) is 0 Å². The van der Waals surface area contributed by atoms with Crippen molar-refractivity contribution in [2.24, 2.45) is 0 Å². The standard InChI is InChI=1S/C15H21BrN2OS/c1-2-17-7-9-18(10-8-17)15(19)12-20-11-13-3-5-14(16)6-4-13/h3-6H,2,7-12H2,1H3. The molecule has 0 saturated carbocycles. The van der Waals surface area contributed by atoms with Crippen molar-refractivity contribution in [3.05, 3.63) is 34.3 Å². The highest BCUT2D eigenvalue weighted by atomic mass is 79.9. The van der Waals surface area contributed by atoms with Gasteiger partial charge in [0.2, 0.25) is 5.91 Å². The SMILES string of the molecule is CCN1CCN(C(=O)CSCc2ccc(Br)cc2)CC1. The molecule has 0 bridgehead atoms. The number of hydrogen-bond donors (Lipinski definition) is 0. The summed E-state index contributed by atoms with van der Waals surface area (Å²) in [4.78, 5) is 16.5. The third-order valence-electron chi connectivity index (χ3n) is 3.58. The lowest BCUT2D eigenvalue weighted by Gasteiger charge is -2.34. The van der Waals surface area contributed by atoms with Crippen LogP contribution in [0, 0.1) is 0 Å². The Labute approximate surface area is 133 Å². The number of halogens is 1. The number of nitrogens with zero attached hydrogens (tertiary/aromatic N) is 2. The van der Waals surface area contributed by atoms with Crippen LogP contribution in [-0.2, 0) is 10.5 Å². The summed E-state index contributed by atoms with van der Waals surface area (Å²) in [6.45, 7) is 7.04. The maximum Gasteiger partial charge on any atom is 0.232 e. The zero-order chi connectivity index (χ0) is 14.4. The highest BCUT2D eigenvalue weighted by Gasteiger charge is 2.19. The van der Waals surface area contributed by atoms with Gasteiger partial charge in [-0.1, -0.05) is 35.0 Å². The molecule has 1 aromatic carbocycles. The highest BCUT2D eigenvalue weighted by Crippen LogP contribution is 2.16. The average Bonchev–Trinajstić information content (AvgIpc) is 2.49. The third kappa shape index (κ3) is 4.79. The summed E-state index contributed by atoms with van der Waals surface area (Å²) >= 11 is 5.13. The van der Waals surface area contributed by atoms with Crippen molar-refractivity contribution in [1.29, 1.82) is 0 Å². The molecule has 0 aromatic heterocycles. The minimum absolute atomic E-state index is 0.280. The Hall–Kier alpha value is -0.520. The largest absolute Gasteiger partial charge is 0.339 e. The predicted molar refractivity (Wildman–Crippen MR) is 89.0 cm³/mol. The Balaban J connectivity index is 1.69. The smallest absolute Gasteiger partial charge is 0.232 e. The number of rotatable bonds is 5. The van der Waals surface area contributed by atoms with Gasteiger partial charge in [0.15, 0.2) is 0 Å². The van der Waals surface area contributed by atoms with Crippen LogP contribution in [0.25, 0.3) is 0 Å². The Morgan fingerprint density at radius 2 is 1.85 bits per heavy atom. The van der Waals surface area contributed by atoms with Crippen LogP contribution in [0.1, 0.15) is 12.5 Å². The monoisotopic (exact) mass is 356 g/mol. The fourth-order valence-corrected chi connectivity index (χ4v) is 3.39. The van der Waals surface area contributed by atoms with E-state index in [0.29, 0.717) is 5.75 Å². The molecule has 1 fully saturated rings. The van der Waals surface area contributed by atoms with Gasteiger partial charge < -0.3 is 9.80 Å². The summed E-state index contributed by atoms with van der Waals surface area (Å²) in [5, 5.41) is 0. The van der Waals surface area contributed by atoms with Crippen molar-refractivity contribution in [2.75, 3.05) is 38.5 Å². The summed E-state index contributed by atoms with van der Waals surface area (Å²) in [6, 6.07) is 8.28. The average molecular weight is 357 g/mol. The Morgan fingerprint density at radius 3 is 2.45 bits per heavy atom. The number of hydrogen-bond acceptors (Lipinski definition) is 3. The van der Waals surface area contributed by atoms with E-state index in [4.69, 9.17) is 0 Å². The lowest BCUT2D eigenvalue weighted by atomic mass is 10.2. The lowest BCUT2D eigenvalue weighted by molar-refractivity contribution is -0.130. The Bertz CT molecular complexity index is 430. The zero-order valence-corrected chi connectivity index (χ0v) is 14.3. The molecule has 5 heteroatoms. The number of carbonyl (C=O) groups is 1. The first-order chi connectivity index (χ1) is 9.69. The highest BCUT2D eigenvalue weighted by molar-refractivity contribution is 9.10. The third-order valence-corrected chi connectivity index (χ3v) is 5.10. The molecule has 110 valence electrons. The van der Waals surface area contributed by atoms with Crippen LogP contribution < -0.4 is 0 Å². The van der Waals surface area contributed by atoms with Gasteiger partial charge in [-0.25, -0.2) is 0 Å². The molecule has 0 N–H and O–H groups in total. The van der Waals surface area contributed by atoms with E-state index in [1.807, 2.05) is 17.0 Å². The van der Waals surface area contributed by atoms with Crippen molar-refractivity contribution >= 4 is 33.6 Å². The molecular weight excluding hydrogens is 336 g/mol. The summed E-state index contributed by atoms with van der Waals surface area (Å²) in [7, 11) is 0. The summed E-state index contributed by atoms with van der Waals surface area (Å²) in [5.41, 5.74) is 1.27. The second kappa shape index (κ2) is 8.05. The van der Waals surface area contributed by atoms with E-state index >= 15 is 0 Å². The van der Waals surface area contributed by atoms with E-state index in [1.165, 1.54) is 5.56 Å². The maximum absolute atomic E-state index is 12.1. The van der Waals surface area contributed by atoms with Crippen molar-refractivity contribution in [1.82, 2.24) is 9.80 Å². The molecule has 1 aliphatic rings. The first-order valence-electron chi connectivity index (χ1n) is 7.01. The maximum atomic E-state index is 12.1. The van der Waals surface area contributed by atoms with Crippen molar-refractivity contribution < 1.29 is 4.79 Å². The molecule has 1 aliphatic heterocycles. The number of piperazine rings is 1. The van der Waals surface area contributed by atoms with E-state index < -0.39 is 0 Å². The second-order valence-corrected chi connectivity index (χ2v) is 6.84. The molecule has 1 amide bonds. The molecule has 0 unspecified atom stereocenters. The van der Waals surface area contributed by atoms with E-state index in [-0.39, 0.29) is 5.91 Å². The summed E-state index contributed by atoms with van der Waals surface area (Å²) in [6.07, 6.45) is 0. The number of amides is 1. The summed E-state index contributed by atoms with van der Waals surface area (Å²) < 4.78 is 1.09.